The lowest BCUT2D eigenvalue weighted by molar-refractivity contribution is -0.122. The Hall–Kier alpha value is -1.39. The van der Waals surface area contributed by atoms with Crippen molar-refractivity contribution in [1.82, 2.24) is 10.2 Å². The van der Waals surface area contributed by atoms with Crippen molar-refractivity contribution < 1.29 is 9.90 Å². The molecule has 0 saturated heterocycles. The lowest BCUT2D eigenvalue weighted by Gasteiger charge is -2.20. The Kier molecular flexibility index (Phi) is 6.68. The van der Waals surface area contributed by atoms with Crippen molar-refractivity contribution in [2.75, 3.05) is 20.1 Å². The van der Waals surface area contributed by atoms with Crippen molar-refractivity contribution >= 4 is 5.91 Å². The average molecular weight is 278 g/mol. The Morgan fingerprint density at radius 1 is 1.35 bits per heavy atom. The molecule has 20 heavy (non-hydrogen) atoms. The van der Waals surface area contributed by atoms with E-state index in [1.165, 1.54) is 5.56 Å². The predicted molar refractivity (Wildman–Crippen MR) is 81.5 cm³/mol. The van der Waals surface area contributed by atoms with Gasteiger partial charge in [-0.2, -0.15) is 0 Å². The maximum Gasteiger partial charge on any atom is 0.234 e. The maximum absolute atomic E-state index is 12.0. The first-order chi connectivity index (χ1) is 9.40. The smallest absolute Gasteiger partial charge is 0.234 e. The van der Waals surface area contributed by atoms with Crippen LogP contribution in [0.3, 0.4) is 0 Å². The second-order valence-corrected chi connectivity index (χ2v) is 5.52. The first kappa shape index (κ1) is 16.7. The molecule has 2 atom stereocenters. The maximum atomic E-state index is 12.0. The van der Waals surface area contributed by atoms with E-state index in [-0.39, 0.29) is 18.1 Å². The molecule has 0 aromatic heterocycles. The van der Waals surface area contributed by atoms with Crippen LogP contribution in [0.5, 0.6) is 0 Å². The SMILES string of the molecule is Cc1ccccc1C(C)NC(=O)CN(C)CCC(C)O. The van der Waals surface area contributed by atoms with E-state index in [0.29, 0.717) is 19.5 Å². The summed E-state index contributed by atoms with van der Waals surface area (Å²) in [5.41, 5.74) is 2.33. The van der Waals surface area contributed by atoms with E-state index in [1.807, 2.05) is 50.1 Å². The van der Waals surface area contributed by atoms with Crippen LogP contribution in [-0.2, 0) is 4.79 Å². The Balaban J connectivity index is 2.44. The fourth-order valence-electron chi connectivity index (χ4n) is 2.17. The first-order valence-corrected chi connectivity index (χ1v) is 7.11. The molecule has 2 unspecified atom stereocenters. The molecule has 0 saturated carbocycles. The highest BCUT2D eigenvalue weighted by Crippen LogP contribution is 2.16. The van der Waals surface area contributed by atoms with Crippen molar-refractivity contribution in [3.05, 3.63) is 35.4 Å². The van der Waals surface area contributed by atoms with Gasteiger partial charge in [0.05, 0.1) is 18.7 Å². The van der Waals surface area contributed by atoms with Gasteiger partial charge < -0.3 is 10.4 Å². The summed E-state index contributed by atoms with van der Waals surface area (Å²) in [5, 5.41) is 12.2. The lowest BCUT2D eigenvalue weighted by Crippen LogP contribution is -2.37. The monoisotopic (exact) mass is 278 g/mol. The number of aliphatic hydroxyl groups excluding tert-OH is 1. The van der Waals surface area contributed by atoms with Crippen molar-refractivity contribution in [3.8, 4) is 0 Å². The van der Waals surface area contributed by atoms with Crippen molar-refractivity contribution in [1.29, 1.82) is 0 Å². The minimum atomic E-state index is -0.327. The fourth-order valence-corrected chi connectivity index (χ4v) is 2.17. The third-order valence-corrected chi connectivity index (χ3v) is 3.37. The van der Waals surface area contributed by atoms with E-state index in [0.717, 1.165) is 5.56 Å². The van der Waals surface area contributed by atoms with E-state index >= 15 is 0 Å². The summed E-state index contributed by atoms with van der Waals surface area (Å²) in [6.45, 7) is 6.86. The first-order valence-electron chi connectivity index (χ1n) is 7.11. The molecule has 4 nitrogen and oxygen atoms in total. The lowest BCUT2D eigenvalue weighted by atomic mass is 10.0. The second-order valence-electron chi connectivity index (χ2n) is 5.52. The largest absolute Gasteiger partial charge is 0.393 e. The van der Waals surface area contributed by atoms with Gasteiger partial charge in [0.2, 0.25) is 5.91 Å². The number of rotatable bonds is 7. The summed E-state index contributed by atoms with van der Waals surface area (Å²) in [6, 6.07) is 8.08. The average Bonchev–Trinajstić information content (AvgIpc) is 2.36. The Morgan fingerprint density at radius 2 is 2.00 bits per heavy atom. The third kappa shape index (κ3) is 5.72. The molecular weight excluding hydrogens is 252 g/mol. The molecule has 0 aliphatic carbocycles. The molecule has 0 bridgehead atoms. The number of nitrogens with one attached hydrogen (secondary N) is 1. The van der Waals surface area contributed by atoms with E-state index in [4.69, 9.17) is 0 Å². The van der Waals surface area contributed by atoms with Crippen molar-refractivity contribution in [2.45, 2.75) is 39.3 Å². The summed E-state index contributed by atoms with van der Waals surface area (Å²) in [7, 11) is 1.89. The second kappa shape index (κ2) is 8.02. The zero-order valence-electron chi connectivity index (χ0n) is 12.9. The topological polar surface area (TPSA) is 52.6 Å². The predicted octanol–water partition coefficient (Wildman–Crippen LogP) is 1.87. The quantitative estimate of drug-likeness (QED) is 0.800. The zero-order chi connectivity index (χ0) is 15.1. The number of benzene rings is 1. The van der Waals surface area contributed by atoms with Crippen molar-refractivity contribution in [3.63, 3.8) is 0 Å². The van der Waals surface area contributed by atoms with Crippen LogP contribution in [0, 0.1) is 6.92 Å². The summed E-state index contributed by atoms with van der Waals surface area (Å²) in [4.78, 5) is 13.9. The number of aliphatic hydroxyl groups is 1. The summed E-state index contributed by atoms with van der Waals surface area (Å²) in [5.74, 6) is 0.00819. The molecule has 0 aliphatic heterocycles. The molecule has 0 spiro atoms. The molecule has 2 N–H and O–H groups in total. The molecule has 0 heterocycles. The standard InChI is InChI=1S/C16H26N2O2/c1-12-7-5-6-8-15(12)14(3)17-16(20)11-18(4)10-9-13(2)19/h5-8,13-14,19H,9-11H2,1-4H3,(H,17,20). The van der Waals surface area contributed by atoms with Crippen LogP contribution in [0.25, 0.3) is 0 Å². The summed E-state index contributed by atoms with van der Waals surface area (Å²) >= 11 is 0. The van der Waals surface area contributed by atoms with Crippen molar-refractivity contribution in [2.24, 2.45) is 0 Å². The van der Waals surface area contributed by atoms with E-state index in [9.17, 15) is 9.90 Å². The van der Waals surface area contributed by atoms with Gasteiger partial charge in [-0.25, -0.2) is 0 Å². The Labute approximate surface area is 121 Å². The van der Waals surface area contributed by atoms with Crippen LogP contribution in [0.15, 0.2) is 24.3 Å². The van der Waals surface area contributed by atoms with E-state index < -0.39 is 0 Å². The number of carbonyl (C=O) groups is 1. The third-order valence-electron chi connectivity index (χ3n) is 3.37. The molecule has 1 aromatic carbocycles. The van der Waals surface area contributed by atoms with Crippen LogP contribution >= 0.6 is 0 Å². The van der Waals surface area contributed by atoms with Crippen LogP contribution in [-0.4, -0.2) is 42.2 Å². The molecule has 112 valence electrons. The number of hydrogen-bond donors (Lipinski definition) is 2. The van der Waals surface area contributed by atoms with Gasteiger partial charge in [0.25, 0.3) is 0 Å². The van der Waals surface area contributed by atoms with Crippen LogP contribution < -0.4 is 5.32 Å². The zero-order valence-corrected chi connectivity index (χ0v) is 12.9. The molecular formula is C16H26N2O2. The summed E-state index contributed by atoms with van der Waals surface area (Å²) < 4.78 is 0. The molecule has 4 heteroatoms. The highest BCUT2D eigenvalue weighted by molar-refractivity contribution is 5.78. The molecule has 1 aromatic rings. The minimum absolute atomic E-state index is 0.00819. The normalized spacial score (nSPS) is 14.1. The van der Waals surface area contributed by atoms with Crippen LogP contribution in [0.1, 0.15) is 37.4 Å². The van der Waals surface area contributed by atoms with Gasteiger partial charge in [0.1, 0.15) is 0 Å². The number of nitrogens with zero attached hydrogens (tertiary/aromatic N) is 1. The highest BCUT2D eigenvalue weighted by atomic mass is 16.3. The van der Waals surface area contributed by atoms with Gasteiger partial charge >= 0.3 is 0 Å². The number of likely N-dealkylation sites (N-methyl/N-ethyl adjacent to an activating group) is 1. The molecule has 0 radical (unpaired) electrons. The Bertz CT molecular complexity index is 432. The van der Waals surface area contributed by atoms with E-state index in [1.54, 1.807) is 6.92 Å². The molecule has 1 rings (SSSR count). The van der Waals surface area contributed by atoms with Gasteiger partial charge in [0, 0.05) is 6.54 Å². The number of amides is 1. The molecule has 0 aliphatic rings. The van der Waals surface area contributed by atoms with Gasteiger partial charge in [-0.15, -0.1) is 0 Å². The number of hydrogen-bond acceptors (Lipinski definition) is 3. The molecule has 1 amide bonds. The Morgan fingerprint density at radius 3 is 2.60 bits per heavy atom. The minimum Gasteiger partial charge on any atom is -0.393 e. The highest BCUT2D eigenvalue weighted by Gasteiger charge is 2.13. The number of carbonyl (C=O) groups excluding carboxylic acids is 1. The fraction of sp³-hybridized carbons (Fsp3) is 0.562. The van der Waals surface area contributed by atoms with Crippen LogP contribution in [0.2, 0.25) is 0 Å². The van der Waals surface area contributed by atoms with Gasteiger partial charge in [-0.1, -0.05) is 24.3 Å². The van der Waals surface area contributed by atoms with Gasteiger partial charge in [-0.3, -0.25) is 9.69 Å². The van der Waals surface area contributed by atoms with Gasteiger partial charge in [0.15, 0.2) is 0 Å². The molecule has 0 fully saturated rings. The van der Waals surface area contributed by atoms with E-state index in [2.05, 4.69) is 5.32 Å². The number of aryl methyl sites for hydroxylation is 1. The van der Waals surface area contributed by atoms with Gasteiger partial charge in [-0.05, 0) is 45.4 Å². The van der Waals surface area contributed by atoms with Crippen LogP contribution in [0.4, 0.5) is 0 Å². The summed E-state index contributed by atoms with van der Waals surface area (Å²) in [6.07, 6.45) is 0.350.